The number of carboxylic acid groups (broad SMARTS) is 1. The number of hydrogen-bond acceptors (Lipinski definition) is 5. The Morgan fingerprint density at radius 1 is 1.08 bits per heavy atom. The molecule has 1 atom stereocenters. The molecule has 1 unspecified atom stereocenters. The molecule has 0 radical (unpaired) electrons. The lowest BCUT2D eigenvalue weighted by Gasteiger charge is -2.30. The highest BCUT2D eigenvalue weighted by Crippen LogP contribution is 2.35. The molecule has 0 aliphatic carbocycles. The highest BCUT2D eigenvalue weighted by molar-refractivity contribution is 5.94. The van der Waals surface area contributed by atoms with Crippen LogP contribution in [-0.4, -0.2) is 50.0 Å². The summed E-state index contributed by atoms with van der Waals surface area (Å²) >= 11 is 0. The van der Waals surface area contributed by atoms with Crippen LogP contribution in [0.15, 0.2) is 54.6 Å². The molecule has 5 aliphatic heterocycles. The Morgan fingerprint density at radius 2 is 1.92 bits per heavy atom. The summed E-state index contributed by atoms with van der Waals surface area (Å²) in [6.07, 6.45) is 1.51. The Morgan fingerprint density at radius 3 is 2.74 bits per heavy atom. The van der Waals surface area contributed by atoms with E-state index in [9.17, 15) is 14.7 Å². The Hall–Kier alpha value is -4.04. The average Bonchev–Trinajstić information content (AvgIpc) is 3.34. The molecule has 0 fully saturated rings. The molecule has 1 N–H and O–H groups in total. The number of carbonyl (C=O) groups excluding carboxylic acids is 1. The molecule has 3 aromatic carbocycles. The summed E-state index contributed by atoms with van der Waals surface area (Å²) in [6.45, 7) is 4.87. The summed E-state index contributed by atoms with van der Waals surface area (Å²) in [5, 5.41) is 18.7. The van der Waals surface area contributed by atoms with Gasteiger partial charge in [-0.15, -0.1) is 5.10 Å². The first-order valence-corrected chi connectivity index (χ1v) is 13.1. The van der Waals surface area contributed by atoms with Gasteiger partial charge >= 0.3 is 5.97 Å². The van der Waals surface area contributed by atoms with Crippen LogP contribution < -0.4 is 0 Å². The van der Waals surface area contributed by atoms with Gasteiger partial charge in [0.15, 0.2) is 0 Å². The number of aromatic nitrogens is 3. The summed E-state index contributed by atoms with van der Waals surface area (Å²) in [5.41, 5.74) is 8.49. The van der Waals surface area contributed by atoms with Crippen molar-refractivity contribution in [3.8, 4) is 0 Å². The number of carboxylic acids is 1. The third-order valence-corrected chi connectivity index (χ3v) is 7.80. The SMILES string of the molecule is Cc1c2ccc3c1nnn3CCCOCc1ccc(cc1)C(=O)N1CCc3ccc(cc3C1)C2CC(=O)O. The van der Waals surface area contributed by atoms with Crippen LogP contribution in [0.4, 0.5) is 0 Å². The highest BCUT2D eigenvalue weighted by Gasteiger charge is 2.26. The second-order valence-electron chi connectivity index (χ2n) is 10.2. The van der Waals surface area contributed by atoms with E-state index in [-0.39, 0.29) is 18.2 Å². The Kier molecular flexibility index (Phi) is 6.41. The fraction of sp³-hybridized carbons (Fsp3) is 0.333. The first kappa shape index (κ1) is 24.3. The van der Waals surface area contributed by atoms with Gasteiger partial charge in [0, 0.05) is 37.7 Å². The number of ether oxygens (including phenoxy) is 1. The summed E-state index contributed by atoms with van der Waals surface area (Å²) in [4.78, 5) is 27.2. The molecule has 0 saturated carbocycles. The average molecular weight is 511 g/mol. The number of benzene rings is 3. The third kappa shape index (κ3) is 4.56. The summed E-state index contributed by atoms with van der Waals surface area (Å²) in [7, 11) is 0. The Balaban J connectivity index is 1.44. The first-order valence-electron chi connectivity index (χ1n) is 13.1. The number of amides is 1. The van der Waals surface area contributed by atoms with Crippen LogP contribution in [0.2, 0.25) is 0 Å². The molecule has 5 aliphatic rings. The lowest BCUT2D eigenvalue weighted by atomic mass is 9.83. The van der Waals surface area contributed by atoms with E-state index in [1.54, 1.807) is 0 Å². The van der Waals surface area contributed by atoms with Crippen LogP contribution in [0.3, 0.4) is 0 Å². The lowest BCUT2D eigenvalue weighted by Crippen LogP contribution is -2.36. The van der Waals surface area contributed by atoms with Crippen molar-refractivity contribution in [3.05, 3.63) is 93.5 Å². The molecular weight excluding hydrogens is 480 g/mol. The molecular formula is C30H30N4O4. The zero-order chi connectivity index (χ0) is 26.2. The van der Waals surface area contributed by atoms with Crippen LogP contribution in [-0.2, 0) is 35.6 Å². The molecule has 6 heterocycles. The van der Waals surface area contributed by atoms with Gasteiger partial charge in [0.25, 0.3) is 5.91 Å². The Labute approximate surface area is 220 Å². The monoisotopic (exact) mass is 510 g/mol. The predicted molar refractivity (Wildman–Crippen MR) is 142 cm³/mol. The van der Waals surface area contributed by atoms with E-state index in [1.807, 2.05) is 59.0 Å². The van der Waals surface area contributed by atoms with Gasteiger partial charge in [-0.1, -0.05) is 41.6 Å². The van der Waals surface area contributed by atoms with Crippen LogP contribution in [0.25, 0.3) is 11.0 Å². The van der Waals surface area contributed by atoms with Crippen molar-refractivity contribution < 1.29 is 19.4 Å². The zero-order valence-electron chi connectivity index (χ0n) is 21.4. The first-order chi connectivity index (χ1) is 18.5. The van der Waals surface area contributed by atoms with Gasteiger partial charge < -0.3 is 14.7 Å². The minimum atomic E-state index is -0.860. The van der Waals surface area contributed by atoms with E-state index in [0.717, 1.165) is 51.7 Å². The number of rotatable bonds is 2. The maximum Gasteiger partial charge on any atom is 0.304 e. The van der Waals surface area contributed by atoms with Crippen LogP contribution in [0, 0.1) is 6.92 Å². The molecule has 38 heavy (non-hydrogen) atoms. The maximum atomic E-state index is 13.3. The highest BCUT2D eigenvalue weighted by atomic mass is 16.5. The normalized spacial score (nSPS) is 17.9. The number of aryl methyl sites for hydroxylation is 2. The number of carbonyl (C=O) groups is 2. The Bertz CT molecular complexity index is 1530. The van der Waals surface area contributed by atoms with E-state index >= 15 is 0 Å². The van der Waals surface area contributed by atoms with Gasteiger partial charge in [-0.3, -0.25) is 9.59 Å². The van der Waals surface area contributed by atoms with Crippen molar-refractivity contribution in [2.75, 3.05) is 13.2 Å². The fourth-order valence-electron chi connectivity index (χ4n) is 5.71. The number of nitrogens with zero attached hydrogens (tertiary/aromatic N) is 4. The quantitative estimate of drug-likeness (QED) is 0.428. The molecule has 9 bridgehead atoms. The second-order valence-corrected chi connectivity index (χ2v) is 10.2. The van der Waals surface area contributed by atoms with E-state index in [4.69, 9.17) is 4.74 Å². The summed E-state index contributed by atoms with van der Waals surface area (Å²) in [5.74, 6) is -1.19. The van der Waals surface area contributed by atoms with Crippen molar-refractivity contribution in [3.63, 3.8) is 0 Å². The van der Waals surface area contributed by atoms with Crippen molar-refractivity contribution in [1.29, 1.82) is 0 Å². The van der Waals surface area contributed by atoms with Gasteiger partial charge in [0.2, 0.25) is 0 Å². The molecule has 9 rings (SSSR count). The van der Waals surface area contributed by atoms with E-state index < -0.39 is 5.97 Å². The maximum absolute atomic E-state index is 13.3. The summed E-state index contributed by atoms with van der Waals surface area (Å²) in [6, 6.07) is 17.9. The van der Waals surface area contributed by atoms with E-state index in [2.05, 4.69) is 22.4 Å². The topological polar surface area (TPSA) is 97.5 Å². The van der Waals surface area contributed by atoms with Crippen LogP contribution >= 0.6 is 0 Å². The molecule has 4 aromatic rings. The number of hydrogen-bond donors (Lipinski definition) is 1. The van der Waals surface area contributed by atoms with E-state index in [1.165, 1.54) is 5.56 Å². The third-order valence-electron chi connectivity index (χ3n) is 7.80. The van der Waals surface area contributed by atoms with Crippen LogP contribution in [0.5, 0.6) is 0 Å². The largest absolute Gasteiger partial charge is 0.481 e. The summed E-state index contributed by atoms with van der Waals surface area (Å²) < 4.78 is 7.77. The zero-order valence-corrected chi connectivity index (χ0v) is 21.4. The van der Waals surface area contributed by atoms with Crippen LogP contribution in [0.1, 0.15) is 62.5 Å². The molecule has 8 nitrogen and oxygen atoms in total. The molecule has 0 spiro atoms. The molecule has 1 amide bonds. The fourth-order valence-corrected chi connectivity index (χ4v) is 5.71. The van der Waals surface area contributed by atoms with Gasteiger partial charge in [-0.25, -0.2) is 4.68 Å². The van der Waals surface area contributed by atoms with Gasteiger partial charge in [-0.05, 0) is 71.3 Å². The second kappa shape index (κ2) is 10.0. The van der Waals surface area contributed by atoms with Crippen molar-refractivity contribution in [2.24, 2.45) is 0 Å². The smallest absolute Gasteiger partial charge is 0.304 e. The van der Waals surface area contributed by atoms with Crippen molar-refractivity contribution in [2.45, 2.75) is 51.8 Å². The molecule has 1 aromatic heterocycles. The minimum Gasteiger partial charge on any atom is -0.481 e. The molecule has 0 saturated heterocycles. The van der Waals surface area contributed by atoms with Gasteiger partial charge in [-0.2, -0.15) is 0 Å². The minimum absolute atomic E-state index is 0.00479. The van der Waals surface area contributed by atoms with Crippen molar-refractivity contribution in [1.82, 2.24) is 19.9 Å². The van der Waals surface area contributed by atoms with Gasteiger partial charge in [0.05, 0.1) is 18.5 Å². The van der Waals surface area contributed by atoms with E-state index in [0.29, 0.717) is 38.4 Å². The number of aliphatic carboxylic acids is 1. The standard InChI is InChI=1S/C30H30N4O4/c1-19-25-9-10-27-29(19)31-32-34(27)12-2-14-38-18-20-3-5-22(6-4-20)30(37)33-13-11-21-7-8-23(15-24(21)17-33)26(25)16-28(35)36/h3-10,15,26H,2,11-14,16-18H2,1H3,(H,35,36). The van der Waals surface area contributed by atoms with Gasteiger partial charge in [0.1, 0.15) is 5.52 Å². The van der Waals surface area contributed by atoms with Crippen molar-refractivity contribution >= 4 is 22.9 Å². The lowest BCUT2D eigenvalue weighted by molar-refractivity contribution is -0.137. The molecule has 194 valence electrons. The molecule has 8 heteroatoms. The predicted octanol–water partition coefficient (Wildman–Crippen LogP) is 4.47.